The van der Waals surface area contributed by atoms with E-state index in [0.717, 1.165) is 51.7 Å². The zero-order valence-corrected chi connectivity index (χ0v) is 34.7. The molecule has 2 unspecified atom stereocenters. The maximum absolute atomic E-state index is 6.48. The third-order valence-corrected chi connectivity index (χ3v) is 9.59. The fourth-order valence-corrected chi connectivity index (χ4v) is 6.22. The van der Waals surface area contributed by atoms with E-state index >= 15 is 0 Å². The Kier molecular flexibility index (Phi) is 41.3. The van der Waals surface area contributed by atoms with Crippen molar-refractivity contribution in [2.45, 2.75) is 219 Å². The van der Waals surface area contributed by atoms with Gasteiger partial charge in [-0.1, -0.05) is 142 Å². The monoisotopic (exact) mass is 727 g/mol. The summed E-state index contributed by atoms with van der Waals surface area (Å²) in [5.74, 6) is 0. The third-order valence-electron chi connectivity index (χ3n) is 9.59. The molecule has 0 heterocycles. The molecule has 0 saturated carbocycles. The van der Waals surface area contributed by atoms with Crippen molar-refractivity contribution in [3.63, 3.8) is 0 Å². The second-order valence-corrected chi connectivity index (χ2v) is 14.2. The Morgan fingerprint density at radius 2 is 0.686 bits per heavy atom. The van der Waals surface area contributed by atoms with Gasteiger partial charge in [0.05, 0.1) is 13.2 Å². The molecule has 0 aliphatic heterocycles. The Balaban J connectivity index is 4.76. The third kappa shape index (κ3) is 36.0. The molecule has 0 aromatic heterocycles. The SMILES string of the molecule is CCCCCCCOC(C=CCCCCCCCCCC(OC)OC)OC(C=CCCCCCCCCCC(OC)OC)OCCCCCCC. The fraction of sp³-hybridized carbons (Fsp3) is 0.909. The van der Waals surface area contributed by atoms with Gasteiger partial charge >= 0.3 is 0 Å². The van der Waals surface area contributed by atoms with Crippen LogP contribution < -0.4 is 0 Å². The minimum Gasteiger partial charge on any atom is -0.356 e. The highest BCUT2D eigenvalue weighted by Crippen LogP contribution is 2.16. The van der Waals surface area contributed by atoms with E-state index in [4.69, 9.17) is 33.2 Å². The van der Waals surface area contributed by atoms with Crippen LogP contribution in [-0.2, 0) is 33.2 Å². The molecule has 0 aliphatic carbocycles. The van der Waals surface area contributed by atoms with E-state index in [1.165, 1.54) is 141 Å². The van der Waals surface area contributed by atoms with Crippen LogP contribution in [0.5, 0.6) is 0 Å². The van der Waals surface area contributed by atoms with E-state index in [2.05, 4.69) is 38.2 Å². The Labute approximate surface area is 317 Å². The van der Waals surface area contributed by atoms with E-state index in [0.29, 0.717) is 0 Å². The van der Waals surface area contributed by atoms with Gasteiger partial charge in [0.25, 0.3) is 0 Å². The van der Waals surface area contributed by atoms with Crippen LogP contribution >= 0.6 is 0 Å². The summed E-state index contributed by atoms with van der Waals surface area (Å²) in [7, 11) is 6.87. The number of rotatable bonds is 42. The normalized spacial score (nSPS) is 13.5. The van der Waals surface area contributed by atoms with Gasteiger partial charge in [0, 0.05) is 28.4 Å². The Hall–Kier alpha value is -0.800. The lowest BCUT2D eigenvalue weighted by atomic mass is 10.1. The van der Waals surface area contributed by atoms with Gasteiger partial charge in [-0.05, 0) is 76.4 Å². The minimum atomic E-state index is -0.378. The molecule has 0 aliphatic rings. The number of unbranched alkanes of at least 4 members (excludes halogenated alkanes) is 22. The highest BCUT2D eigenvalue weighted by molar-refractivity contribution is 4.89. The molecule has 7 nitrogen and oxygen atoms in total. The lowest BCUT2D eigenvalue weighted by Crippen LogP contribution is -2.25. The van der Waals surface area contributed by atoms with Gasteiger partial charge in [0.15, 0.2) is 25.2 Å². The van der Waals surface area contributed by atoms with E-state index < -0.39 is 0 Å². The molecule has 0 aromatic carbocycles. The zero-order valence-electron chi connectivity index (χ0n) is 34.7. The first kappa shape index (κ1) is 50.2. The standard InChI is InChI=1S/C44H86O7/c1-7-9-11-27-33-39-49-43(37-31-25-21-17-13-15-19-23-29-35-41(45-3)46-4)51-44(50-40-34-28-12-10-8-2)38-32-26-22-18-14-16-20-24-30-36-42(47-5)48-6/h31-32,37-38,41-44H,7-30,33-36,39-40H2,1-6H3. The first-order valence-corrected chi connectivity index (χ1v) is 21.5. The average molecular weight is 727 g/mol. The second kappa shape index (κ2) is 41.9. The van der Waals surface area contributed by atoms with Crippen LogP contribution in [-0.4, -0.2) is 66.8 Å². The molecule has 0 radical (unpaired) electrons. The van der Waals surface area contributed by atoms with Crippen LogP contribution in [0.25, 0.3) is 0 Å². The van der Waals surface area contributed by atoms with Crippen LogP contribution in [0.4, 0.5) is 0 Å². The minimum absolute atomic E-state index is 0.0546. The smallest absolute Gasteiger partial charge is 0.180 e. The van der Waals surface area contributed by atoms with Crippen LogP contribution in [0.2, 0.25) is 0 Å². The van der Waals surface area contributed by atoms with E-state index in [-0.39, 0.29) is 25.2 Å². The van der Waals surface area contributed by atoms with Crippen molar-refractivity contribution < 1.29 is 33.2 Å². The summed E-state index contributed by atoms with van der Waals surface area (Å²) in [5.41, 5.74) is 0. The first-order valence-electron chi connectivity index (χ1n) is 21.5. The quantitative estimate of drug-likeness (QED) is 0.0352. The number of allylic oxidation sites excluding steroid dienone is 2. The summed E-state index contributed by atoms with van der Waals surface area (Å²) >= 11 is 0. The summed E-state index contributed by atoms with van der Waals surface area (Å²) in [6.07, 6.45) is 41.8. The van der Waals surface area contributed by atoms with Gasteiger partial charge in [0.2, 0.25) is 0 Å². The molecule has 7 heteroatoms. The van der Waals surface area contributed by atoms with Crippen molar-refractivity contribution in [3.05, 3.63) is 24.3 Å². The molecule has 304 valence electrons. The number of ether oxygens (including phenoxy) is 7. The number of hydrogen-bond donors (Lipinski definition) is 0. The summed E-state index contributed by atoms with van der Waals surface area (Å²) in [4.78, 5) is 0. The largest absolute Gasteiger partial charge is 0.356 e. The molecule has 0 fully saturated rings. The van der Waals surface area contributed by atoms with Gasteiger partial charge in [-0.2, -0.15) is 0 Å². The molecule has 2 atom stereocenters. The van der Waals surface area contributed by atoms with E-state index in [1.54, 1.807) is 28.4 Å². The highest BCUT2D eigenvalue weighted by atomic mass is 16.8. The van der Waals surface area contributed by atoms with Crippen molar-refractivity contribution in [2.24, 2.45) is 0 Å². The van der Waals surface area contributed by atoms with Gasteiger partial charge in [-0.15, -0.1) is 0 Å². The summed E-state index contributed by atoms with van der Waals surface area (Å²) in [6, 6.07) is 0. The molecular weight excluding hydrogens is 640 g/mol. The van der Waals surface area contributed by atoms with Gasteiger partial charge in [-0.25, -0.2) is 0 Å². The maximum Gasteiger partial charge on any atom is 0.180 e. The summed E-state index contributed by atoms with van der Waals surface area (Å²) in [5, 5.41) is 0. The number of methoxy groups -OCH3 is 4. The predicted molar refractivity (Wildman–Crippen MR) is 215 cm³/mol. The molecule has 0 aromatic rings. The molecule has 0 amide bonds. The topological polar surface area (TPSA) is 64.6 Å². The molecule has 0 saturated heterocycles. The Morgan fingerprint density at radius 1 is 0.373 bits per heavy atom. The van der Waals surface area contributed by atoms with Crippen molar-refractivity contribution in [3.8, 4) is 0 Å². The van der Waals surface area contributed by atoms with Crippen molar-refractivity contribution in [2.75, 3.05) is 41.7 Å². The van der Waals surface area contributed by atoms with Crippen molar-refractivity contribution in [1.82, 2.24) is 0 Å². The Bertz CT molecular complexity index is 650. The van der Waals surface area contributed by atoms with Crippen LogP contribution in [0, 0.1) is 0 Å². The molecule has 0 rings (SSSR count). The van der Waals surface area contributed by atoms with E-state index in [1.807, 2.05) is 0 Å². The van der Waals surface area contributed by atoms with Gasteiger partial charge < -0.3 is 33.2 Å². The lowest BCUT2D eigenvalue weighted by Gasteiger charge is -2.22. The molecule has 0 N–H and O–H groups in total. The molecular formula is C44H86O7. The van der Waals surface area contributed by atoms with Gasteiger partial charge in [-0.3, -0.25) is 0 Å². The van der Waals surface area contributed by atoms with E-state index in [9.17, 15) is 0 Å². The maximum atomic E-state index is 6.48. The lowest BCUT2D eigenvalue weighted by molar-refractivity contribution is -0.208. The zero-order chi connectivity index (χ0) is 37.3. The summed E-state index contributed by atoms with van der Waals surface area (Å²) < 4.78 is 40.2. The Morgan fingerprint density at radius 3 is 1.04 bits per heavy atom. The summed E-state index contributed by atoms with van der Waals surface area (Å²) in [6.45, 7) is 5.96. The average Bonchev–Trinajstić information content (AvgIpc) is 3.15. The first-order chi connectivity index (χ1) is 25.1. The number of hydrogen-bond acceptors (Lipinski definition) is 7. The van der Waals surface area contributed by atoms with Crippen molar-refractivity contribution in [1.29, 1.82) is 0 Å². The molecule has 51 heavy (non-hydrogen) atoms. The highest BCUT2D eigenvalue weighted by Gasteiger charge is 2.14. The van der Waals surface area contributed by atoms with Crippen LogP contribution in [0.15, 0.2) is 24.3 Å². The second-order valence-electron chi connectivity index (χ2n) is 14.2. The van der Waals surface area contributed by atoms with Gasteiger partial charge in [0.1, 0.15) is 0 Å². The predicted octanol–water partition coefficient (Wildman–Crippen LogP) is 13.0. The van der Waals surface area contributed by atoms with Crippen LogP contribution in [0.1, 0.15) is 194 Å². The molecule has 0 bridgehead atoms. The fourth-order valence-electron chi connectivity index (χ4n) is 6.22. The van der Waals surface area contributed by atoms with Crippen molar-refractivity contribution >= 4 is 0 Å². The van der Waals surface area contributed by atoms with Crippen LogP contribution in [0.3, 0.4) is 0 Å². The molecule has 0 spiro atoms.